The third kappa shape index (κ3) is 2.28. The maximum Gasteiger partial charge on any atom is 0.346 e. The fourth-order valence-electron chi connectivity index (χ4n) is 1.88. The van der Waals surface area contributed by atoms with Crippen LogP contribution in [0.1, 0.15) is 11.6 Å². The van der Waals surface area contributed by atoms with Gasteiger partial charge in [-0.05, 0) is 18.2 Å². The van der Waals surface area contributed by atoms with E-state index in [2.05, 4.69) is 27.5 Å². The quantitative estimate of drug-likeness (QED) is 0.867. The first-order valence-corrected chi connectivity index (χ1v) is 6.42. The van der Waals surface area contributed by atoms with E-state index in [1.165, 1.54) is 4.90 Å². The number of urea groups is 1. The second kappa shape index (κ2) is 5.12. The lowest BCUT2D eigenvalue weighted by Gasteiger charge is -2.24. The zero-order valence-corrected chi connectivity index (χ0v) is 11.8. The zero-order valence-electron chi connectivity index (χ0n) is 9.44. The first kappa shape index (κ1) is 13.1. The van der Waals surface area contributed by atoms with Gasteiger partial charge in [0.2, 0.25) is 0 Å². The smallest absolute Gasteiger partial charge is 0.346 e. The molecule has 1 aliphatic heterocycles. The third-order valence-corrected chi connectivity index (χ3v) is 3.48. The summed E-state index contributed by atoms with van der Waals surface area (Å²) in [5, 5.41) is 0.546. The van der Waals surface area contributed by atoms with Crippen LogP contribution >= 0.6 is 27.5 Å². The molecule has 0 radical (unpaired) electrons. The van der Waals surface area contributed by atoms with E-state index in [1.807, 2.05) is 12.1 Å². The summed E-state index contributed by atoms with van der Waals surface area (Å²) in [6.07, 6.45) is 1.63. The monoisotopic (exact) mass is 327 g/mol. The van der Waals surface area contributed by atoms with Gasteiger partial charge in [-0.25, -0.2) is 4.79 Å². The summed E-state index contributed by atoms with van der Waals surface area (Å²) in [5.41, 5.74) is 6.57. The van der Waals surface area contributed by atoms with Crippen molar-refractivity contribution in [1.29, 1.82) is 0 Å². The van der Waals surface area contributed by atoms with E-state index in [0.717, 1.165) is 10.0 Å². The molecule has 1 atom stereocenters. The maximum absolute atomic E-state index is 11.7. The molecule has 1 heterocycles. The molecule has 2 amide bonds. The average molecular weight is 329 g/mol. The number of amides is 2. The number of benzene rings is 1. The van der Waals surface area contributed by atoms with Gasteiger partial charge in [0.1, 0.15) is 11.9 Å². The van der Waals surface area contributed by atoms with Crippen molar-refractivity contribution in [2.75, 3.05) is 6.54 Å². The van der Waals surface area contributed by atoms with Crippen LogP contribution in [0.4, 0.5) is 4.79 Å². The number of hydrogen-bond donors (Lipinski definition) is 1. The Hall–Kier alpha value is -1.33. The predicted octanol–water partition coefficient (Wildman–Crippen LogP) is 3.12. The SMILES string of the molecule is C=CCN1C(=O)N=C(N)C1c1cc(Br)ccc1Cl. The van der Waals surface area contributed by atoms with Crippen molar-refractivity contribution < 1.29 is 4.79 Å². The topological polar surface area (TPSA) is 58.7 Å². The van der Waals surface area contributed by atoms with Crippen LogP contribution in [0.25, 0.3) is 0 Å². The highest BCUT2D eigenvalue weighted by atomic mass is 79.9. The molecule has 0 aromatic heterocycles. The molecule has 18 heavy (non-hydrogen) atoms. The molecule has 6 heteroatoms. The van der Waals surface area contributed by atoms with Gasteiger partial charge >= 0.3 is 6.03 Å². The molecule has 0 fully saturated rings. The Balaban J connectivity index is 2.47. The normalized spacial score (nSPS) is 19.0. The second-order valence-electron chi connectivity index (χ2n) is 3.83. The summed E-state index contributed by atoms with van der Waals surface area (Å²) in [6.45, 7) is 4.00. The van der Waals surface area contributed by atoms with Crippen LogP contribution in [-0.4, -0.2) is 23.3 Å². The number of halogens is 2. The number of nitrogens with zero attached hydrogens (tertiary/aromatic N) is 2. The molecule has 0 saturated carbocycles. The summed E-state index contributed by atoms with van der Waals surface area (Å²) in [6, 6.07) is 4.62. The number of rotatable bonds is 3. The minimum atomic E-state index is -0.430. The van der Waals surface area contributed by atoms with Crippen LogP contribution in [0.3, 0.4) is 0 Å². The molecule has 0 aliphatic carbocycles. The van der Waals surface area contributed by atoms with Crippen molar-refractivity contribution in [3.63, 3.8) is 0 Å². The van der Waals surface area contributed by atoms with Crippen molar-refractivity contribution in [2.24, 2.45) is 10.7 Å². The lowest BCUT2D eigenvalue weighted by molar-refractivity contribution is 0.213. The van der Waals surface area contributed by atoms with E-state index in [1.54, 1.807) is 12.1 Å². The van der Waals surface area contributed by atoms with Gasteiger partial charge in [-0.15, -0.1) is 6.58 Å². The summed E-state index contributed by atoms with van der Waals surface area (Å²) in [7, 11) is 0. The van der Waals surface area contributed by atoms with Gasteiger partial charge in [-0.1, -0.05) is 33.6 Å². The van der Waals surface area contributed by atoms with Gasteiger partial charge in [-0.3, -0.25) is 0 Å². The van der Waals surface area contributed by atoms with Gasteiger partial charge in [0, 0.05) is 21.6 Å². The van der Waals surface area contributed by atoms with Crippen molar-refractivity contribution in [2.45, 2.75) is 6.04 Å². The minimum Gasteiger partial charge on any atom is -0.385 e. The van der Waals surface area contributed by atoms with Gasteiger partial charge < -0.3 is 10.6 Å². The molecular weight excluding hydrogens is 318 g/mol. The average Bonchev–Trinajstić information content (AvgIpc) is 2.58. The molecule has 0 spiro atoms. The molecule has 1 unspecified atom stereocenters. The molecule has 0 bridgehead atoms. The number of amidine groups is 1. The van der Waals surface area contributed by atoms with Gasteiger partial charge in [-0.2, -0.15) is 4.99 Å². The maximum atomic E-state index is 11.7. The van der Waals surface area contributed by atoms with Gasteiger partial charge in [0.25, 0.3) is 0 Å². The zero-order chi connectivity index (χ0) is 13.3. The number of hydrogen-bond acceptors (Lipinski definition) is 2. The molecule has 4 nitrogen and oxygen atoms in total. The van der Waals surface area contributed by atoms with E-state index in [9.17, 15) is 4.79 Å². The molecule has 1 aliphatic rings. The molecule has 2 N–H and O–H groups in total. The number of aliphatic imine (C=N–C) groups is 1. The lowest BCUT2D eigenvalue weighted by atomic mass is 10.1. The van der Waals surface area contributed by atoms with Gasteiger partial charge in [0.05, 0.1) is 0 Å². The van der Waals surface area contributed by atoms with Crippen LogP contribution in [0, 0.1) is 0 Å². The number of nitrogens with two attached hydrogens (primary N) is 1. The van der Waals surface area contributed by atoms with E-state index >= 15 is 0 Å². The summed E-state index contributed by atoms with van der Waals surface area (Å²) >= 11 is 9.53. The van der Waals surface area contributed by atoms with E-state index in [-0.39, 0.29) is 11.9 Å². The summed E-state index contributed by atoms with van der Waals surface area (Å²) in [5.74, 6) is 0.252. The molecular formula is C12H11BrClN3O. The second-order valence-corrected chi connectivity index (χ2v) is 5.15. The van der Waals surface area contributed by atoms with Crippen LogP contribution in [0.5, 0.6) is 0 Å². The van der Waals surface area contributed by atoms with Crippen molar-refractivity contribution in [3.05, 3.63) is 45.9 Å². The predicted molar refractivity (Wildman–Crippen MR) is 75.8 cm³/mol. The Morgan fingerprint density at radius 1 is 1.61 bits per heavy atom. The minimum absolute atomic E-state index is 0.252. The van der Waals surface area contributed by atoms with Crippen molar-refractivity contribution in [3.8, 4) is 0 Å². The van der Waals surface area contributed by atoms with Gasteiger partial charge in [0.15, 0.2) is 0 Å². The largest absolute Gasteiger partial charge is 0.385 e. The van der Waals surface area contributed by atoms with Crippen LogP contribution in [0.2, 0.25) is 5.02 Å². The van der Waals surface area contributed by atoms with Crippen molar-refractivity contribution in [1.82, 2.24) is 4.90 Å². The first-order chi connectivity index (χ1) is 8.54. The number of carbonyl (C=O) groups excluding carboxylic acids is 1. The number of carbonyl (C=O) groups is 1. The summed E-state index contributed by atoms with van der Waals surface area (Å²) < 4.78 is 0.868. The Labute approximate surface area is 118 Å². The van der Waals surface area contributed by atoms with Crippen molar-refractivity contribution >= 4 is 39.4 Å². The lowest BCUT2D eigenvalue weighted by Crippen LogP contribution is -2.33. The molecule has 0 saturated heterocycles. The standard InChI is InChI=1S/C12H11BrClN3O/c1-2-5-17-10(11(15)16-12(17)18)8-6-7(13)3-4-9(8)14/h2-4,6,10H,1,5H2,(H2,15,16,18). The Bertz CT molecular complexity index is 544. The fraction of sp³-hybridized carbons (Fsp3) is 0.167. The Kier molecular flexibility index (Phi) is 3.73. The fourth-order valence-corrected chi connectivity index (χ4v) is 2.48. The van der Waals surface area contributed by atoms with Crippen LogP contribution < -0.4 is 5.73 Å². The molecule has 94 valence electrons. The summed E-state index contributed by atoms with van der Waals surface area (Å²) in [4.78, 5) is 17.0. The van der Waals surface area contributed by atoms with E-state index in [0.29, 0.717) is 11.6 Å². The van der Waals surface area contributed by atoms with E-state index in [4.69, 9.17) is 17.3 Å². The molecule has 1 aromatic carbocycles. The first-order valence-electron chi connectivity index (χ1n) is 5.25. The molecule has 2 rings (SSSR count). The highest BCUT2D eigenvalue weighted by molar-refractivity contribution is 9.10. The molecule has 1 aromatic rings. The highest BCUT2D eigenvalue weighted by Gasteiger charge is 2.34. The Morgan fingerprint density at radius 2 is 2.33 bits per heavy atom. The van der Waals surface area contributed by atoms with Crippen LogP contribution in [0.15, 0.2) is 40.3 Å². The third-order valence-electron chi connectivity index (χ3n) is 2.64. The van der Waals surface area contributed by atoms with Crippen LogP contribution in [-0.2, 0) is 0 Å². The van der Waals surface area contributed by atoms with E-state index < -0.39 is 6.04 Å². The Morgan fingerprint density at radius 3 is 3.00 bits per heavy atom. The highest BCUT2D eigenvalue weighted by Crippen LogP contribution is 2.33.